The summed E-state index contributed by atoms with van der Waals surface area (Å²) in [6.07, 6.45) is 4.88. The molecule has 1 aromatic heterocycles. The largest absolute Gasteiger partial charge is 0.334 e. The molecule has 1 saturated heterocycles. The van der Waals surface area contributed by atoms with Crippen LogP contribution in [0.25, 0.3) is 0 Å². The molecule has 6 heteroatoms. The molecule has 0 spiro atoms. The van der Waals surface area contributed by atoms with Crippen LogP contribution in [0.4, 0.5) is 4.79 Å². The van der Waals surface area contributed by atoms with Crippen molar-refractivity contribution in [2.45, 2.75) is 25.9 Å². The molecule has 0 saturated carbocycles. The SMILES string of the molecule is CC[C@@H](CSC)NC(=O)N1CCN(Cc2ccccn2)CC1. The fraction of sp³-hybridized carbons (Fsp3) is 0.625. The van der Waals surface area contributed by atoms with E-state index in [0.29, 0.717) is 0 Å². The Kier molecular flexibility index (Phi) is 6.99. The van der Waals surface area contributed by atoms with Gasteiger partial charge in [-0.2, -0.15) is 11.8 Å². The smallest absolute Gasteiger partial charge is 0.317 e. The zero-order chi connectivity index (χ0) is 15.8. The van der Waals surface area contributed by atoms with Gasteiger partial charge in [0.15, 0.2) is 0 Å². The fourth-order valence-corrected chi connectivity index (χ4v) is 3.28. The van der Waals surface area contributed by atoms with E-state index in [9.17, 15) is 4.79 Å². The van der Waals surface area contributed by atoms with Gasteiger partial charge in [0.05, 0.1) is 5.69 Å². The molecule has 2 heterocycles. The van der Waals surface area contributed by atoms with Crippen LogP contribution in [0, 0.1) is 0 Å². The third-order valence-electron chi connectivity index (χ3n) is 3.96. The van der Waals surface area contributed by atoms with Gasteiger partial charge in [0.25, 0.3) is 0 Å². The maximum absolute atomic E-state index is 12.3. The van der Waals surface area contributed by atoms with E-state index in [1.807, 2.05) is 29.3 Å². The van der Waals surface area contributed by atoms with E-state index >= 15 is 0 Å². The number of urea groups is 1. The lowest BCUT2D eigenvalue weighted by molar-refractivity contribution is 0.133. The first-order valence-corrected chi connectivity index (χ1v) is 9.29. The number of hydrogen-bond donors (Lipinski definition) is 1. The van der Waals surface area contributed by atoms with Gasteiger partial charge in [-0.25, -0.2) is 4.79 Å². The molecule has 0 bridgehead atoms. The van der Waals surface area contributed by atoms with Gasteiger partial charge in [0.1, 0.15) is 0 Å². The van der Waals surface area contributed by atoms with Crippen LogP contribution in [-0.4, -0.2) is 65.0 Å². The van der Waals surface area contributed by atoms with Crippen molar-refractivity contribution in [1.29, 1.82) is 0 Å². The molecule has 5 nitrogen and oxygen atoms in total. The fourth-order valence-electron chi connectivity index (χ4n) is 2.56. The third-order valence-corrected chi connectivity index (χ3v) is 4.70. The molecule has 2 rings (SSSR count). The maximum Gasteiger partial charge on any atom is 0.317 e. The Morgan fingerprint density at radius 1 is 1.36 bits per heavy atom. The second-order valence-electron chi connectivity index (χ2n) is 5.59. The number of carbonyl (C=O) groups is 1. The maximum atomic E-state index is 12.3. The predicted octanol–water partition coefficient (Wildman–Crippen LogP) is 2.05. The van der Waals surface area contributed by atoms with Crippen LogP contribution in [0.1, 0.15) is 19.0 Å². The van der Waals surface area contributed by atoms with Gasteiger partial charge in [-0.3, -0.25) is 9.88 Å². The number of pyridine rings is 1. The van der Waals surface area contributed by atoms with Gasteiger partial charge >= 0.3 is 6.03 Å². The lowest BCUT2D eigenvalue weighted by Gasteiger charge is -2.35. The van der Waals surface area contributed by atoms with Crippen molar-refractivity contribution in [3.05, 3.63) is 30.1 Å². The molecule has 122 valence electrons. The number of aromatic nitrogens is 1. The Morgan fingerprint density at radius 3 is 2.73 bits per heavy atom. The molecule has 22 heavy (non-hydrogen) atoms. The lowest BCUT2D eigenvalue weighted by atomic mass is 10.2. The van der Waals surface area contributed by atoms with Crippen molar-refractivity contribution in [2.75, 3.05) is 38.2 Å². The standard InChI is InChI=1S/C16H26N4OS/c1-3-14(13-22-2)18-16(21)20-10-8-19(9-11-20)12-15-6-4-5-7-17-15/h4-7,14H,3,8-13H2,1-2H3,(H,18,21)/t14-/m0/s1. The second-order valence-corrected chi connectivity index (χ2v) is 6.50. The van der Waals surface area contributed by atoms with Crippen LogP contribution >= 0.6 is 11.8 Å². The highest BCUT2D eigenvalue weighted by molar-refractivity contribution is 7.98. The molecule has 1 aliphatic rings. The van der Waals surface area contributed by atoms with Gasteiger partial charge in [0, 0.05) is 50.7 Å². The summed E-state index contributed by atoms with van der Waals surface area (Å²) in [4.78, 5) is 20.9. The Bertz CT molecular complexity index is 449. The lowest BCUT2D eigenvalue weighted by Crippen LogP contribution is -2.53. The van der Waals surface area contributed by atoms with Crippen molar-refractivity contribution in [2.24, 2.45) is 0 Å². The summed E-state index contributed by atoms with van der Waals surface area (Å²) < 4.78 is 0. The number of piperazine rings is 1. The number of nitrogens with one attached hydrogen (secondary N) is 1. The molecule has 0 aliphatic carbocycles. The van der Waals surface area contributed by atoms with E-state index < -0.39 is 0 Å². The van der Waals surface area contributed by atoms with Crippen molar-refractivity contribution >= 4 is 17.8 Å². The van der Waals surface area contributed by atoms with Gasteiger partial charge in [-0.1, -0.05) is 13.0 Å². The second kappa shape index (κ2) is 9.00. The summed E-state index contributed by atoms with van der Waals surface area (Å²) in [7, 11) is 0. The molecule has 1 fully saturated rings. The summed E-state index contributed by atoms with van der Waals surface area (Å²) in [5, 5.41) is 3.14. The monoisotopic (exact) mass is 322 g/mol. The summed E-state index contributed by atoms with van der Waals surface area (Å²) >= 11 is 1.78. The minimum Gasteiger partial charge on any atom is -0.334 e. The molecule has 0 unspecified atom stereocenters. The van der Waals surface area contributed by atoms with E-state index in [1.54, 1.807) is 11.8 Å². The van der Waals surface area contributed by atoms with Crippen molar-refractivity contribution in [3.8, 4) is 0 Å². The molecule has 1 N–H and O–H groups in total. The Morgan fingerprint density at radius 2 is 2.14 bits per heavy atom. The molecule has 1 aliphatic heterocycles. The number of thioether (sulfide) groups is 1. The quantitative estimate of drug-likeness (QED) is 0.871. The number of rotatable bonds is 6. The summed E-state index contributed by atoms with van der Waals surface area (Å²) in [5.41, 5.74) is 1.09. The third kappa shape index (κ3) is 5.18. The Labute approximate surface area is 137 Å². The van der Waals surface area contributed by atoms with Crippen LogP contribution in [0.5, 0.6) is 0 Å². The molecular formula is C16H26N4OS. The van der Waals surface area contributed by atoms with Crippen molar-refractivity contribution in [1.82, 2.24) is 20.1 Å². The molecule has 1 aromatic rings. The molecule has 0 aromatic carbocycles. The van der Waals surface area contributed by atoms with E-state index in [0.717, 1.165) is 50.6 Å². The highest BCUT2D eigenvalue weighted by atomic mass is 32.2. The highest BCUT2D eigenvalue weighted by Gasteiger charge is 2.22. The van der Waals surface area contributed by atoms with Crippen molar-refractivity contribution < 1.29 is 4.79 Å². The molecule has 0 radical (unpaired) electrons. The van der Waals surface area contributed by atoms with E-state index in [2.05, 4.69) is 28.4 Å². The molecule has 2 amide bonds. The van der Waals surface area contributed by atoms with E-state index in [4.69, 9.17) is 0 Å². The van der Waals surface area contributed by atoms with Gasteiger partial charge in [-0.15, -0.1) is 0 Å². The first-order valence-electron chi connectivity index (χ1n) is 7.89. The number of amides is 2. The first kappa shape index (κ1) is 17.1. The zero-order valence-electron chi connectivity index (χ0n) is 13.5. The van der Waals surface area contributed by atoms with Crippen LogP contribution in [-0.2, 0) is 6.54 Å². The predicted molar refractivity (Wildman–Crippen MR) is 92.1 cm³/mol. The van der Waals surface area contributed by atoms with Crippen LogP contribution in [0.2, 0.25) is 0 Å². The zero-order valence-corrected chi connectivity index (χ0v) is 14.3. The summed E-state index contributed by atoms with van der Waals surface area (Å²) in [6.45, 7) is 6.36. The Balaban J connectivity index is 1.75. The van der Waals surface area contributed by atoms with Gasteiger partial charge in [-0.05, 0) is 24.8 Å². The normalized spacial score (nSPS) is 17.3. The summed E-state index contributed by atoms with van der Waals surface area (Å²) in [6, 6.07) is 6.35. The van der Waals surface area contributed by atoms with E-state index in [1.165, 1.54) is 0 Å². The highest BCUT2D eigenvalue weighted by Crippen LogP contribution is 2.08. The Hall–Kier alpha value is -1.27. The average molecular weight is 322 g/mol. The number of carbonyl (C=O) groups excluding carboxylic acids is 1. The van der Waals surface area contributed by atoms with Crippen LogP contribution in [0.15, 0.2) is 24.4 Å². The minimum atomic E-state index is 0.0818. The molecular weight excluding hydrogens is 296 g/mol. The van der Waals surface area contributed by atoms with E-state index in [-0.39, 0.29) is 12.1 Å². The molecule has 1 atom stereocenters. The van der Waals surface area contributed by atoms with Gasteiger partial charge in [0.2, 0.25) is 0 Å². The average Bonchev–Trinajstić information content (AvgIpc) is 2.56. The van der Waals surface area contributed by atoms with Gasteiger partial charge < -0.3 is 10.2 Å². The van der Waals surface area contributed by atoms with Crippen molar-refractivity contribution in [3.63, 3.8) is 0 Å². The summed E-state index contributed by atoms with van der Waals surface area (Å²) in [5.74, 6) is 0.974. The first-order chi connectivity index (χ1) is 10.7. The number of nitrogens with zero attached hydrogens (tertiary/aromatic N) is 3. The topological polar surface area (TPSA) is 48.5 Å². The minimum absolute atomic E-state index is 0.0818. The van der Waals surface area contributed by atoms with Crippen LogP contribution < -0.4 is 5.32 Å². The van der Waals surface area contributed by atoms with Crippen LogP contribution in [0.3, 0.4) is 0 Å². The number of hydrogen-bond acceptors (Lipinski definition) is 4.